The number of carbonyl (C=O) groups is 1. The molecule has 13 heavy (non-hydrogen) atoms. The van der Waals surface area contributed by atoms with Crippen LogP contribution < -0.4 is 0 Å². The molecule has 0 saturated carbocycles. The molecule has 0 unspecified atom stereocenters. The van der Waals surface area contributed by atoms with Crippen LogP contribution in [0, 0.1) is 0 Å². The summed E-state index contributed by atoms with van der Waals surface area (Å²) in [4.78, 5) is 15.0. The van der Waals surface area contributed by atoms with Crippen molar-refractivity contribution in [2.75, 3.05) is 0 Å². The van der Waals surface area contributed by atoms with Gasteiger partial charge in [-0.3, -0.25) is 4.79 Å². The van der Waals surface area contributed by atoms with Crippen LogP contribution in [0.3, 0.4) is 0 Å². The van der Waals surface area contributed by atoms with E-state index in [9.17, 15) is 4.79 Å². The summed E-state index contributed by atoms with van der Waals surface area (Å²) in [6, 6.07) is 0. The number of carbonyl (C=O) groups excluding carboxylic acids is 1. The molecule has 3 heteroatoms. The summed E-state index contributed by atoms with van der Waals surface area (Å²) in [5, 5.41) is 0. The van der Waals surface area contributed by atoms with Gasteiger partial charge in [-0.05, 0) is 12.8 Å². The summed E-state index contributed by atoms with van der Waals surface area (Å²) >= 11 is 0. The first-order chi connectivity index (χ1) is 6.25. The Morgan fingerprint density at radius 1 is 1.54 bits per heavy atom. The smallest absolute Gasteiger partial charge is 0.196 e. The molecule has 3 nitrogen and oxygen atoms in total. The van der Waals surface area contributed by atoms with Gasteiger partial charge in [-0.1, -0.05) is 19.8 Å². The van der Waals surface area contributed by atoms with Crippen molar-refractivity contribution in [3.05, 3.63) is 17.8 Å². The molecule has 0 N–H and O–H groups in total. The number of unbranched alkanes of at least 4 members (excludes halogenated alkanes) is 2. The van der Waals surface area contributed by atoms with E-state index in [-0.39, 0.29) is 5.78 Å². The lowest BCUT2D eigenvalue weighted by molar-refractivity contribution is 0.0986. The molecule has 0 radical (unpaired) electrons. The van der Waals surface area contributed by atoms with Crippen molar-refractivity contribution < 1.29 is 9.21 Å². The molecule has 0 aromatic carbocycles. The Bertz CT molecular complexity index is 278. The predicted molar refractivity (Wildman–Crippen MR) is 49.7 cm³/mol. The van der Waals surface area contributed by atoms with Gasteiger partial charge in [0.1, 0.15) is 0 Å². The molecular formula is C10H15NO2. The highest BCUT2D eigenvalue weighted by atomic mass is 16.3. The summed E-state index contributed by atoms with van der Waals surface area (Å²) in [7, 11) is 0. The summed E-state index contributed by atoms with van der Waals surface area (Å²) < 4.78 is 5.00. The number of aromatic nitrogens is 1. The van der Waals surface area contributed by atoms with Crippen molar-refractivity contribution in [3.63, 3.8) is 0 Å². The minimum atomic E-state index is -0.0380. The van der Waals surface area contributed by atoms with Gasteiger partial charge in [0, 0.05) is 6.92 Å². The van der Waals surface area contributed by atoms with Crippen molar-refractivity contribution in [2.45, 2.75) is 39.5 Å². The van der Waals surface area contributed by atoms with E-state index in [0.717, 1.165) is 18.5 Å². The molecule has 1 heterocycles. The lowest BCUT2D eigenvalue weighted by Gasteiger charge is -1.96. The summed E-state index contributed by atoms with van der Waals surface area (Å²) in [5.74, 6) is 0.389. The second-order valence-corrected chi connectivity index (χ2v) is 3.14. The lowest BCUT2D eigenvalue weighted by atomic mass is 10.1. The maximum atomic E-state index is 11.0. The van der Waals surface area contributed by atoms with Gasteiger partial charge in [-0.2, -0.15) is 0 Å². The Balaban J connectivity index is 2.55. The standard InChI is InChI=1S/C10H15NO2/c1-3-4-5-6-9-10(8(2)12)13-7-11-9/h7H,3-6H2,1-2H3. The van der Waals surface area contributed by atoms with Crippen LogP contribution in [0.1, 0.15) is 49.4 Å². The van der Waals surface area contributed by atoms with Crippen molar-refractivity contribution in [2.24, 2.45) is 0 Å². The van der Waals surface area contributed by atoms with Crippen LogP contribution in [0.4, 0.5) is 0 Å². The normalized spacial score (nSPS) is 10.3. The maximum Gasteiger partial charge on any atom is 0.196 e. The highest BCUT2D eigenvalue weighted by Gasteiger charge is 2.11. The Kier molecular flexibility index (Phi) is 3.68. The van der Waals surface area contributed by atoms with Crippen molar-refractivity contribution in [1.82, 2.24) is 4.98 Å². The van der Waals surface area contributed by atoms with Crippen molar-refractivity contribution >= 4 is 5.78 Å². The number of ketones is 1. The number of Topliss-reactive ketones (excluding diaryl/α,β-unsaturated/α-hetero) is 1. The predicted octanol–water partition coefficient (Wildman–Crippen LogP) is 2.61. The van der Waals surface area contributed by atoms with Crippen LogP contribution in [0.2, 0.25) is 0 Å². The van der Waals surface area contributed by atoms with Gasteiger partial charge in [0.2, 0.25) is 0 Å². The van der Waals surface area contributed by atoms with Gasteiger partial charge in [0.05, 0.1) is 5.69 Å². The molecule has 0 aliphatic carbocycles. The van der Waals surface area contributed by atoms with Gasteiger partial charge in [0.25, 0.3) is 0 Å². The third-order valence-electron chi connectivity index (χ3n) is 1.98. The number of hydrogen-bond acceptors (Lipinski definition) is 3. The number of hydrogen-bond donors (Lipinski definition) is 0. The van der Waals surface area contributed by atoms with E-state index in [1.807, 2.05) is 0 Å². The Morgan fingerprint density at radius 2 is 2.31 bits per heavy atom. The minimum Gasteiger partial charge on any atom is -0.440 e. The molecule has 0 amide bonds. The third kappa shape index (κ3) is 2.68. The Labute approximate surface area is 78.2 Å². The average molecular weight is 181 g/mol. The number of aryl methyl sites for hydroxylation is 1. The van der Waals surface area contributed by atoms with Crippen LogP contribution in [0.15, 0.2) is 10.8 Å². The van der Waals surface area contributed by atoms with Crippen molar-refractivity contribution in [1.29, 1.82) is 0 Å². The van der Waals surface area contributed by atoms with Gasteiger partial charge in [-0.25, -0.2) is 4.98 Å². The minimum absolute atomic E-state index is 0.0380. The molecule has 0 aliphatic heterocycles. The molecular weight excluding hydrogens is 166 g/mol. The highest BCUT2D eigenvalue weighted by Crippen LogP contribution is 2.11. The van der Waals surface area contributed by atoms with Gasteiger partial charge < -0.3 is 4.42 Å². The van der Waals surface area contributed by atoms with Crippen LogP contribution in [-0.2, 0) is 6.42 Å². The fourth-order valence-electron chi connectivity index (χ4n) is 1.28. The number of rotatable bonds is 5. The molecule has 0 bridgehead atoms. The van der Waals surface area contributed by atoms with Crippen LogP contribution >= 0.6 is 0 Å². The first-order valence-corrected chi connectivity index (χ1v) is 4.69. The zero-order valence-corrected chi connectivity index (χ0v) is 8.17. The maximum absolute atomic E-state index is 11.0. The number of oxazole rings is 1. The van der Waals surface area contributed by atoms with Gasteiger partial charge in [0.15, 0.2) is 17.9 Å². The molecule has 72 valence electrons. The van der Waals surface area contributed by atoms with E-state index in [2.05, 4.69) is 11.9 Å². The lowest BCUT2D eigenvalue weighted by Crippen LogP contribution is -1.97. The zero-order valence-electron chi connectivity index (χ0n) is 8.17. The quantitative estimate of drug-likeness (QED) is 0.518. The molecule has 0 saturated heterocycles. The average Bonchev–Trinajstić information content (AvgIpc) is 2.53. The highest BCUT2D eigenvalue weighted by molar-refractivity contribution is 5.92. The molecule has 1 aromatic rings. The SMILES string of the molecule is CCCCCc1ncoc1C(C)=O. The van der Waals surface area contributed by atoms with Crippen molar-refractivity contribution in [3.8, 4) is 0 Å². The Morgan fingerprint density at radius 3 is 2.92 bits per heavy atom. The fourth-order valence-corrected chi connectivity index (χ4v) is 1.28. The molecule has 0 aliphatic rings. The largest absolute Gasteiger partial charge is 0.440 e. The van der Waals surface area contributed by atoms with E-state index in [1.54, 1.807) is 0 Å². The van der Waals surface area contributed by atoms with E-state index in [1.165, 1.54) is 26.2 Å². The van der Waals surface area contributed by atoms with Crippen LogP contribution in [-0.4, -0.2) is 10.8 Å². The van der Waals surface area contributed by atoms with Crippen LogP contribution in [0.5, 0.6) is 0 Å². The molecule has 0 fully saturated rings. The molecule has 1 aromatic heterocycles. The molecule has 0 atom stereocenters. The first kappa shape index (κ1) is 9.96. The van der Waals surface area contributed by atoms with E-state index in [4.69, 9.17) is 4.42 Å². The summed E-state index contributed by atoms with van der Waals surface area (Å²) in [6.45, 7) is 3.65. The first-order valence-electron chi connectivity index (χ1n) is 4.69. The monoisotopic (exact) mass is 181 g/mol. The summed E-state index contributed by atoms with van der Waals surface area (Å²) in [5.41, 5.74) is 0.806. The topological polar surface area (TPSA) is 43.1 Å². The molecule has 1 rings (SSSR count). The second-order valence-electron chi connectivity index (χ2n) is 3.14. The third-order valence-corrected chi connectivity index (χ3v) is 1.98. The van der Waals surface area contributed by atoms with Gasteiger partial charge in [-0.15, -0.1) is 0 Å². The van der Waals surface area contributed by atoms with E-state index in [0.29, 0.717) is 5.76 Å². The van der Waals surface area contributed by atoms with Crippen LogP contribution in [0.25, 0.3) is 0 Å². The van der Waals surface area contributed by atoms with Gasteiger partial charge >= 0.3 is 0 Å². The summed E-state index contributed by atoms with van der Waals surface area (Å²) in [6.07, 6.45) is 5.61. The zero-order chi connectivity index (χ0) is 9.68. The number of nitrogens with zero attached hydrogens (tertiary/aromatic N) is 1. The van der Waals surface area contributed by atoms with E-state index < -0.39 is 0 Å². The second kappa shape index (κ2) is 4.80. The Hall–Kier alpha value is -1.12. The molecule has 0 spiro atoms. The van der Waals surface area contributed by atoms with E-state index >= 15 is 0 Å². The fraction of sp³-hybridized carbons (Fsp3) is 0.600.